The number of thiophene rings is 1. The maximum atomic E-state index is 5.65. The van der Waals surface area contributed by atoms with Crippen LogP contribution in [0.5, 0.6) is 0 Å². The molecule has 0 atom stereocenters. The first-order valence-electron chi connectivity index (χ1n) is 6.35. The minimum Gasteiger partial charge on any atom is -0.369 e. The zero-order chi connectivity index (χ0) is 14.8. The van der Waals surface area contributed by atoms with E-state index in [1.807, 2.05) is 13.8 Å². The Balaban J connectivity index is 0.00000154. The largest absolute Gasteiger partial charge is 0.369 e. The van der Waals surface area contributed by atoms with Crippen molar-refractivity contribution in [2.45, 2.75) is 27.2 Å². The van der Waals surface area contributed by atoms with Crippen LogP contribution in [0.2, 0.25) is 0 Å². The first-order valence-corrected chi connectivity index (χ1v) is 7.23. The van der Waals surface area contributed by atoms with E-state index in [2.05, 4.69) is 28.4 Å². The highest BCUT2D eigenvalue weighted by molar-refractivity contribution is 7.10. The molecule has 0 fully saturated rings. The monoisotopic (exact) mass is 283 g/mol. The van der Waals surface area contributed by atoms with Crippen LogP contribution < -0.4 is 11.5 Å². The van der Waals surface area contributed by atoms with Crippen molar-refractivity contribution < 1.29 is 0 Å². The molecule has 0 spiro atoms. The molecule has 0 aliphatic heterocycles. The highest BCUT2D eigenvalue weighted by atomic mass is 32.1. The summed E-state index contributed by atoms with van der Waals surface area (Å²) in [6, 6.07) is 2.11. The van der Waals surface area contributed by atoms with Crippen molar-refractivity contribution in [3.8, 4) is 0 Å². The second kappa shape index (κ2) is 9.38. The molecule has 0 saturated heterocycles. The first-order chi connectivity index (χ1) is 9.00. The standard InChI is InChI=1S/C11H19N5S.C2H6/c1-8-9(5-7-17-8)4-6-14-10(12)15-11(13)16(2)3;1-2/h5,7H,4,6H2,1-3H3,(H4,12,13,14,15);1-2H3. The van der Waals surface area contributed by atoms with Crippen molar-refractivity contribution >= 4 is 23.3 Å². The van der Waals surface area contributed by atoms with E-state index in [0.29, 0.717) is 12.5 Å². The maximum Gasteiger partial charge on any atom is 0.218 e. The molecule has 0 saturated carbocycles. The van der Waals surface area contributed by atoms with E-state index < -0.39 is 0 Å². The third-order valence-electron chi connectivity index (χ3n) is 2.31. The summed E-state index contributed by atoms with van der Waals surface area (Å²) in [4.78, 5) is 11.2. The molecular formula is C13H25N5S. The summed E-state index contributed by atoms with van der Waals surface area (Å²) in [6.45, 7) is 6.74. The van der Waals surface area contributed by atoms with Gasteiger partial charge in [-0.3, -0.25) is 4.99 Å². The van der Waals surface area contributed by atoms with Crippen LogP contribution in [0.4, 0.5) is 0 Å². The fourth-order valence-corrected chi connectivity index (χ4v) is 1.97. The van der Waals surface area contributed by atoms with Crippen molar-refractivity contribution in [1.82, 2.24) is 4.90 Å². The Morgan fingerprint density at radius 3 is 2.42 bits per heavy atom. The van der Waals surface area contributed by atoms with Crippen molar-refractivity contribution in [3.05, 3.63) is 21.9 Å². The summed E-state index contributed by atoms with van der Waals surface area (Å²) in [5.74, 6) is 0.585. The SMILES string of the molecule is CC.Cc1sccc1CCN=C(N)/N=C(\N)N(C)C. The number of hydrogen-bond acceptors (Lipinski definition) is 2. The van der Waals surface area contributed by atoms with Gasteiger partial charge in [0.15, 0.2) is 5.96 Å². The summed E-state index contributed by atoms with van der Waals surface area (Å²) in [6.07, 6.45) is 0.882. The van der Waals surface area contributed by atoms with Gasteiger partial charge in [-0.2, -0.15) is 4.99 Å². The number of nitrogens with two attached hydrogens (primary N) is 2. The molecule has 0 aliphatic carbocycles. The summed E-state index contributed by atoms with van der Waals surface area (Å²) in [5, 5.41) is 2.08. The lowest BCUT2D eigenvalue weighted by Gasteiger charge is -2.09. The zero-order valence-corrected chi connectivity index (χ0v) is 13.3. The van der Waals surface area contributed by atoms with Gasteiger partial charge in [0.05, 0.1) is 0 Å². The quantitative estimate of drug-likeness (QED) is 0.656. The number of aryl methyl sites for hydroxylation is 1. The highest BCUT2D eigenvalue weighted by Gasteiger charge is 1.99. The number of nitrogens with zero attached hydrogens (tertiary/aromatic N) is 3. The zero-order valence-electron chi connectivity index (χ0n) is 12.5. The Hall–Kier alpha value is -1.56. The third-order valence-corrected chi connectivity index (χ3v) is 3.20. The fraction of sp³-hybridized carbons (Fsp3) is 0.538. The van der Waals surface area contributed by atoms with Crippen LogP contribution in [-0.2, 0) is 6.42 Å². The minimum atomic E-state index is 0.226. The normalized spacial score (nSPS) is 11.8. The van der Waals surface area contributed by atoms with Crippen LogP contribution >= 0.6 is 11.3 Å². The van der Waals surface area contributed by atoms with E-state index in [0.717, 1.165) is 6.42 Å². The third kappa shape index (κ3) is 6.81. The molecule has 0 bridgehead atoms. The Bertz CT molecular complexity index is 420. The summed E-state index contributed by atoms with van der Waals surface area (Å²) < 4.78 is 0. The molecule has 19 heavy (non-hydrogen) atoms. The Morgan fingerprint density at radius 2 is 1.95 bits per heavy atom. The maximum absolute atomic E-state index is 5.65. The van der Waals surface area contributed by atoms with Crippen LogP contribution in [0.15, 0.2) is 21.4 Å². The lowest BCUT2D eigenvalue weighted by molar-refractivity contribution is 0.615. The van der Waals surface area contributed by atoms with Crippen LogP contribution in [0.3, 0.4) is 0 Å². The van der Waals surface area contributed by atoms with Gasteiger partial charge in [-0.05, 0) is 30.4 Å². The summed E-state index contributed by atoms with van der Waals surface area (Å²) in [7, 11) is 3.61. The highest BCUT2D eigenvalue weighted by Crippen LogP contribution is 2.15. The van der Waals surface area contributed by atoms with Gasteiger partial charge in [0.25, 0.3) is 0 Å². The number of guanidine groups is 2. The molecule has 1 aromatic rings. The Morgan fingerprint density at radius 1 is 1.32 bits per heavy atom. The lowest BCUT2D eigenvalue weighted by atomic mass is 10.2. The van der Waals surface area contributed by atoms with Crippen molar-refractivity contribution in [1.29, 1.82) is 0 Å². The predicted molar refractivity (Wildman–Crippen MR) is 85.9 cm³/mol. The van der Waals surface area contributed by atoms with Gasteiger partial charge in [0.1, 0.15) is 0 Å². The van der Waals surface area contributed by atoms with Crippen LogP contribution in [-0.4, -0.2) is 37.5 Å². The van der Waals surface area contributed by atoms with Crippen LogP contribution in [0.1, 0.15) is 24.3 Å². The average Bonchev–Trinajstić information content (AvgIpc) is 2.77. The van der Waals surface area contributed by atoms with Gasteiger partial charge >= 0.3 is 0 Å². The molecule has 108 valence electrons. The van der Waals surface area contributed by atoms with Crippen LogP contribution in [0.25, 0.3) is 0 Å². The Kier molecular flexibility index (Phi) is 8.61. The van der Waals surface area contributed by atoms with E-state index in [4.69, 9.17) is 11.5 Å². The molecule has 0 aliphatic rings. The van der Waals surface area contributed by atoms with Gasteiger partial charge < -0.3 is 16.4 Å². The number of hydrogen-bond donors (Lipinski definition) is 2. The molecule has 5 nitrogen and oxygen atoms in total. The molecule has 4 N–H and O–H groups in total. The van der Waals surface area contributed by atoms with Crippen molar-refractivity contribution in [2.75, 3.05) is 20.6 Å². The van der Waals surface area contributed by atoms with Crippen LogP contribution in [0, 0.1) is 6.92 Å². The lowest BCUT2D eigenvalue weighted by Crippen LogP contribution is -2.32. The van der Waals surface area contributed by atoms with E-state index in [1.54, 1.807) is 30.3 Å². The topological polar surface area (TPSA) is 80.0 Å². The van der Waals surface area contributed by atoms with E-state index in [1.165, 1.54) is 10.4 Å². The molecule has 1 aromatic heterocycles. The minimum absolute atomic E-state index is 0.226. The summed E-state index contributed by atoms with van der Waals surface area (Å²) in [5.41, 5.74) is 12.6. The van der Waals surface area contributed by atoms with Gasteiger partial charge in [-0.25, -0.2) is 0 Å². The second-order valence-electron chi connectivity index (χ2n) is 3.86. The van der Waals surface area contributed by atoms with E-state index >= 15 is 0 Å². The van der Waals surface area contributed by atoms with Gasteiger partial charge in [-0.15, -0.1) is 11.3 Å². The molecule has 0 unspecified atom stereocenters. The number of aliphatic imine (C=N–C) groups is 2. The van der Waals surface area contributed by atoms with Gasteiger partial charge in [0, 0.05) is 25.5 Å². The van der Waals surface area contributed by atoms with E-state index in [9.17, 15) is 0 Å². The predicted octanol–water partition coefficient (Wildman–Crippen LogP) is 1.82. The van der Waals surface area contributed by atoms with Gasteiger partial charge in [-0.1, -0.05) is 13.8 Å². The van der Waals surface area contributed by atoms with Crippen molar-refractivity contribution in [2.24, 2.45) is 21.5 Å². The van der Waals surface area contributed by atoms with Crippen molar-refractivity contribution in [3.63, 3.8) is 0 Å². The smallest absolute Gasteiger partial charge is 0.218 e. The molecule has 0 radical (unpaired) electrons. The number of rotatable bonds is 3. The van der Waals surface area contributed by atoms with E-state index in [-0.39, 0.29) is 5.96 Å². The molecular weight excluding hydrogens is 258 g/mol. The fourth-order valence-electron chi connectivity index (χ4n) is 1.21. The summed E-state index contributed by atoms with van der Waals surface area (Å²) >= 11 is 1.74. The molecule has 0 amide bonds. The van der Waals surface area contributed by atoms with Gasteiger partial charge in [0.2, 0.25) is 5.96 Å². The average molecular weight is 283 g/mol. The first kappa shape index (κ1) is 17.4. The molecule has 6 heteroatoms. The molecule has 1 heterocycles. The molecule has 1 rings (SSSR count). The Labute approximate surface area is 120 Å². The molecule has 0 aromatic carbocycles. The second-order valence-corrected chi connectivity index (χ2v) is 4.98.